The number of aromatic nitrogens is 5. The molecule has 192 valence electrons. The summed E-state index contributed by atoms with van der Waals surface area (Å²) in [6, 6.07) is 5.44. The maximum Gasteiger partial charge on any atom is 0.278 e. The van der Waals surface area contributed by atoms with Crippen molar-refractivity contribution in [2.24, 2.45) is 0 Å². The minimum atomic E-state index is -0.958. The number of ether oxygens (including phenoxy) is 2. The lowest BCUT2D eigenvalue weighted by molar-refractivity contribution is 0.103. The van der Waals surface area contributed by atoms with Crippen molar-refractivity contribution in [1.82, 2.24) is 30.5 Å². The molecule has 2 N–H and O–H groups in total. The molecule has 3 fully saturated rings. The van der Waals surface area contributed by atoms with Crippen LogP contribution in [-0.4, -0.2) is 73.8 Å². The molecular formula is C26H28FN7O3. The van der Waals surface area contributed by atoms with Crippen molar-refractivity contribution in [3.8, 4) is 40.0 Å². The highest BCUT2D eigenvalue weighted by Gasteiger charge is 2.47. The second-order valence-electron chi connectivity index (χ2n) is 10.2. The fraction of sp³-hybridized carbons (Fsp3) is 0.500. The van der Waals surface area contributed by atoms with Gasteiger partial charge in [-0.25, -0.2) is 19.3 Å². The number of phenolic OH excluding ortho intramolecular Hbond substituents is 1. The van der Waals surface area contributed by atoms with Crippen molar-refractivity contribution in [3.63, 3.8) is 0 Å². The van der Waals surface area contributed by atoms with E-state index in [2.05, 4.69) is 35.4 Å². The first-order valence-corrected chi connectivity index (χ1v) is 13.0. The number of benzene rings is 1. The zero-order chi connectivity index (χ0) is 24.9. The fourth-order valence-corrected chi connectivity index (χ4v) is 5.77. The van der Waals surface area contributed by atoms with Crippen molar-refractivity contribution in [3.05, 3.63) is 30.6 Å². The molecule has 2 saturated heterocycles. The van der Waals surface area contributed by atoms with Gasteiger partial charge in [0.25, 0.3) is 11.8 Å². The zero-order valence-corrected chi connectivity index (χ0v) is 20.3. The third kappa shape index (κ3) is 4.20. The molecule has 3 aromatic rings. The van der Waals surface area contributed by atoms with Crippen molar-refractivity contribution in [2.75, 3.05) is 18.1 Å². The summed E-state index contributed by atoms with van der Waals surface area (Å²) in [5, 5.41) is 23.0. The van der Waals surface area contributed by atoms with Crippen LogP contribution in [0, 0.1) is 0 Å². The second kappa shape index (κ2) is 9.05. The average Bonchev–Trinajstić information content (AvgIpc) is 3.77. The quantitative estimate of drug-likeness (QED) is 0.536. The Hall–Kier alpha value is -3.60. The molecule has 4 atom stereocenters. The number of hydrogen-bond acceptors (Lipinski definition) is 10. The highest BCUT2D eigenvalue weighted by molar-refractivity contribution is 5.72. The Morgan fingerprint density at radius 1 is 0.973 bits per heavy atom. The maximum atomic E-state index is 15.5. The number of rotatable bonds is 5. The maximum absolute atomic E-state index is 15.5. The number of aromatic hydroxyl groups is 1. The van der Waals surface area contributed by atoms with E-state index in [1.807, 2.05) is 6.07 Å². The number of halogens is 1. The Morgan fingerprint density at radius 3 is 2.59 bits per heavy atom. The van der Waals surface area contributed by atoms with Crippen molar-refractivity contribution >= 4 is 5.95 Å². The topological polar surface area (TPSA) is 118 Å². The minimum Gasteiger partial charge on any atom is -0.507 e. The van der Waals surface area contributed by atoms with Gasteiger partial charge in [0.2, 0.25) is 5.95 Å². The number of piperidine rings is 2. The fourth-order valence-electron chi connectivity index (χ4n) is 5.77. The third-order valence-corrected chi connectivity index (χ3v) is 7.71. The normalized spacial score (nSPS) is 26.5. The summed E-state index contributed by atoms with van der Waals surface area (Å²) in [5.74, 6) is 1.18. The first-order valence-electron chi connectivity index (χ1n) is 13.0. The summed E-state index contributed by atoms with van der Waals surface area (Å²) in [6.45, 7) is 0.857. The van der Waals surface area contributed by atoms with E-state index in [9.17, 15) is 5.11 Å². The van der Waals surface area contributed by atoms with Gasteiger partial charge < -0.3 is 24.8 Å². The van der Waals surface area contributed by atoms with E-state index in [1.54, 1.807) is 24.5 Å². The van der Waals surface area contributed by atoms with Crippen LogP contribution in [0.5, 0.6) is 17.5 Å². The van der Waals surface area contributed by atoms with Crippen LogP contribution in [0.2, 0.25) is 0 Å². The van der Waals surface area contributed by atoms with Crippen LogP contribution in [0.3, 0.4) is 0 Å². The molecule has 5 heterocycles. The van der Waals surface area contributed by atoms with Gasteiger partial charge in [-0.1, -0.05) is 12.5 Å². The van der Waals surface area contributed by atoms with Crippen molar-refractivity contribution < 1.29 is 19.0 Å². The van der Waals surface area contributed by atoms with Gasteiger partial charge in [-0.3, -0.25) is 0 Å². The van der Waals surface area contributed by atoms with E-state index < -0.39 is 6.17 Å². The van der Waals surface area contributed by atoms with E-state index in [0.29, 0.717) is 59.5 Å². The molecule has 3 aliphatic heterocycles. The molecule has 0 unspecified atom stereocenters. The van der Waals surface area contributed by atoms with Gasteiger partial charge in [-0.2, -0.15) is 0 Å². The molecule has 0 radical (unpaired) electrons. The lowest BCUT2D eigenvalue weighted by atomic mass is 9.82. The summed E-state index contributed by atoms with van der Waals surface area (Å²) in [5.41, 5.74) is 2.17. The van der Waals surface area contributed by atoms with Gasteiger partial charge in [0.05, 0.1) is 24.1 Å². The lowest BCUT2D eigenvalue weighted by Crippen LogP contribution is -2.62. The molecule has 1 saturated carbocycles. The van der Waals surface area contributed by atoms with Crippen LogP contribution in [-0.2, 0) is 0 Å². The van der Waals surface area contributed by atoms with Gasteiger partial charge in [0.1, 0.15) is 30.8 Å². The largest absolute Gasteiger partial charge is 0.507 e. The summed E-state index contributed by atoms with van der Waals surface area (Å²) >= 11 is 0. The van der Waals surface area contributed by atoms with Crippen LogP contribution < -0.4 is 19.7 Å². The van der Waals surface area contributed by atoms with E-state index in [1.165, 1.54) is 0 Å². The highest BCUT2D eigenvalue weighted by Crippen LogP contribution is 2.39. The van der Waals surface area contributed by atoms with Crippen LogP contribution >= 0.6 is 0 Å². The predicted molar refractivity (Wildman–Crippen MR) is 132 cm³/mol. The Labute approximate surface area is 213 Å². The van der Waals surface area contributed by atoms with Gasteiger partial charge in [0.15, 0.2) is 0 Å². The SMILES string of the molecule is Oc1cc(-c2cnc3c(n2)OCCO3)ccc1-c1cnc(N(C2CC2)[C@@H]2C[C@@H]3CCC[C@H](N3)[C@@H]2F)nn1. The molecule has 11 heteroatoms. The number of nitrogens with one attached hydrogen (secondary N) is 1. The smallest absolute Gasteiger partial charge is 0.278 e. The van der Waals surface area contributed by atoms with Crippen molar-refractivity contribution in [2.45, 2.75) is 68.9 Å². The molecule has 2 bridgehead atoms. The Balaban J connectivity index is 1.13. The van der Waals surface area contributed by atoms with E-state index in [4.69, 9.17) is 9.47 Å². The second-order valence-corrected chi connectivity index (χ2v) is 10.2. The van der Waals surface area contributed by atoms with Gasteiger partial charge in [0, 0.05) is 29.3 Å². The van der Waals surface area contributed by atoms with Crippen molar-refractivity contribution in [1.29, 1.82) is 0 Å². The molecule has 1 aliphatic carbocycles. The van der Waals surface area contributed by atoms with E-state index in [0.717, 1.165) is 38.5 Å². The lowest BCUT2D eigenvalue weighted by Gasteiger charge is -2.46. The summed E-state index contributed by atoms with van der Waals surface area (Å²) < 4.78 is 26.4. The molecule has 7 rings (SSSR count). The molecule has 0 spiro atoms. The molecule has 2 aromatic heterocycles. The first-order chi connectivity index (χ1) is 18.1. The van der Waals surface area contributed by atoms with E-state index in [-0.39, 0.29) is 23.9 Å². The average molecular weight is 506 g/mol. The molecule has 1 aromatic carbocycles. The van der Waals surface area contributed by atoms with Gasteiger partial charge in [-0.15, -0.1) is 10.2 Å². The number of hydrogen-bond donors (Lipinski definition) is 2. The van der Waals surface area contributed by atoms with Gasteiger partial charge >= 0.3 is 0 Å². The Kier molecular flexibility index (Phi) is 5.53. The Bertz CT molecular complexity index is 1310. The number of nitrogens with zero attached hydrogens (tertiary/aromatic N) is 6. The van der Waals surface area contributed by atoms with Crippen LogP contribution in [0.25, 0.3) is 22.5 Å². The van der Waals surface area contributed by atoms with Crippen LogP contribution in [0.4, 0.5) is 10.3 Å². The van der Waals surface area contributed by atoms with E-state index >= 15 is 4.39 Å². The molecule has 10 nitrogen and oxygen atoms in total. The summed E-state index contributed by atoms with van der Waals surface area (Å²) in [6.07, 6.45) is 8.05. The summed E-state index contributed by atoms with van der Waals surface area (Å²) in [7, 11) is 0. The standard InChI is InChI=1S/C26H28FN7O3/c27-23-18-3-1-2-15(30-18)11-21(23)34(16-5-6-16)26-29-13-20(32-33-26)17-7-4-14(10-22(17)35)19-12-28-24-25(31-19)37-9-8-36-24/h4,7,10,12-13,15-16,18,21,23,30,35H,1-3,5-6,8-9,11H2/t15-,18-,21+,23-/m0/s1. The molecule has 0 amide bonds. The summed E-state index contributed by atoms with van der Waals surface area (Å²) in [4.78, 5) is 15.4. The Morgan fingerprint density at radius 2 is 1.81 bits per heavy atom. The molecule has 37 heavy (non-hydrogen) atoms. The zero-order valence-electron chi connectivity index (χ0n) is 20.3. The van der Waals surface area contributed by atoms with Crippen LogP contribution in [0.1, 0.15) is 38.5 Å². The first kappa shape index (κ1) is 22.6. The minimum absolute atomic E-state index is 0.0205. The predicted octanol–water partition coefficient (Wildman–Crippen LogP) is 3.06. The molecule has 4 aliphatic rings. The van der Waals surface area contributed by atoms with Gasteiger partial charge in [-0.05, 0) is 44.2 Å². The number of fused-ring (bicyclic) bond motifs is 3. The number of anilines is 1. The highest BCUT2D eigenvalue weighted by atomic mass is 19.1. The third-order valence-electron chi connectivity index (χ3n) is 7.71. The van der Waals surface area contributed by atoms with Crippen LogP contribution in [0.15, 0.2) is 30.6 Å². The molecular weight excluding hydrogens is 477 g/mol. The number of phenols is 1. The number of alkyl halides is 1. The monoisotopic (exact) mass is 505 g/mol.